The fourth-order valence-electron chi connectivity index (χ4n) is 2.45. The summed E-state index contributed by atoms with van der Waals surface area (Å²) in [6.45, 7) is 0. The molecule has 2 atom stereocenters. The Hall–Kier alpha value is -1.03. The van der Waals surface area contributed by atoms with E-state index in [4.69, 9.17) is 0 Å². The topological polar surface area (TPSA) is 20.2 Å². The summed E-state index contributed by atoms with van der Waals surface area (Å²) in [7, 11) is 0. The number of hydrogen-bond acceptors (Lipinski definition) is 1. The van der Waals surface area contributed by atoms with Crippen LogP contribution in [0, 0.1) is 0 Å². The number of hydrogen-bond donors (Lipinski definition) is 1. The lowest BCUT2D eigenvalue weighted by atomic mass is 9.81. The van der Waals surface area contributed by atoms with Crippen LogP contribution in [0.5, 0.6) is 0 Å². The first-order chi connectivity index (χ1) is 7.98. The lowest BCUT2D eigenvalue weighted by molar-refractivity contribution is -0.137. The molecule has 0 amide bonds. The molecule has 1 aromatic carbocycles. The van der Waals surface area contributed by atoms with Crippen LogP contribution in [0.2, 0.25) is 0 Å². The highest BCUT2D eigenvalue weighted by Crippen LogP contribution is 2.36. The average Bonchev–Trinajstić information content (AvgIpc) is 2.29. The summed E-state index contributed by atoms with van der Waals surface area (Å²) in [5, 5.41) is 9.83. The van der Waals surface area contributed by atoms with Gasteiger partial charge in [-0.2, -0.15) is 13.2 Å². The average molecular weight is 244 g/mol. The molecule has 1 nitrogen and oxygen atoms in total. The molecule has 0 unspecified atom stereocenters. The fraction of sp³-hybridized carbons (Fsp3) is 0.538. The third-order valence-electron chi connectivity index (χ3n) is 3.37. The van der Waals surface area contributed by atoms with Crippen LogP contribution in [0.25, 0.3) is 0 Å². The van der Waals surface area contributed by atoms with Crippen molar-refractivity contribution in [3.63, 3.8) is 0 Å². The van der Waals surface area contributed by atoms with Gasteiger partial charge in [0.1, 0.15) is 0 Å². The van der Waals surface area contributed by atoms with Crippen molar-refractivity contribution < 1.29 is 18.3 Å². The second kappa shape index (κ2) is 4.69. The highest BCUT2D eigenvalue weighted by molar-refractivity contribution is 5.29. The van der Waals surface area contributed by atoms with Gasteiger partial charge in [0.25, 0.3) is 0 Å². The Bertz CT molecular complexity index is 386. The van der Waals surface area contributed by atoms with E-state index < -0.39 is 17.8 Å². The molecule has 0 spiro atoms. The van der Waals surface area contributed by atoms with Gasteiger partial charge in [-0.1, -0.05) is 31.0 Å². The molecular weight excluding hydrogens is 229 g/mol. The molecule has 1 aliphatic rings. The van der Waals surface area contributed by atoms with Crippen molar-refractivity contribution in [1.82, 2.24) is 0 Å². The first-order valence-electron chi connectivity index (χ1n) is 5.84. The van der Waals surface area contributed by atoms with E-state index in [0.29, 0.717) is 12.0 Å². The van der Waals surface area contributed by atoms with E-state index in [0.717, 1.165) is 25.3 Å². The summed E-state index contributed by atoms with van der Waals surface area (Å²) in [5.41, 5.74) is -0.0280. The third-order valence-corrected chi connectivity index (χ3v) is 3.37. The molecule has 1 saturated carbocycles. The smallest absolute Gasteiger partial charge is 0.392 e. The van der Waals surface area contributed by atoms with Crippen molar-refractivity contribution in [2.45, 2.75) is 43.9 Å². The minimum Gasteiger partial charge on any atom is -0.392 e. The van der Waals surface area contributed by atoms with Gasteiger partial charge < -0.3 is 5.11 Å². The van der Waals surface area contributed by atoms with Crippen LogP contribution >= 0.6 is 0 Å². The summed E-state index contributed by atoms with van der Waals surface area (Å²) < 4.78 is 37.7. The molecule has 0 aromatic heterocycles. The molecule has 1 N–H and O–H groups in total. The van der Waals surface area contributed by atoms with E-state index in [9.17, 15) is 18.3 Å². The summed E-state index contributed by atoms with van der Waals surface area (Å²) >= 11 is 0. The van der Waals surface area contributed by atoms with Gasteiger partial charge >= 0.3 is 6.18 Å². The maximum Gasteiger partial charge on any atom is 0.416 e. The molecule has 1 aromatic rings. The molecule has 0 heterocycles. The number of alkyl halides is 3. The Labute approximate surface area is 98.3 Å². The summed E-state index contributed by atoms with van der Waals surface area (Å²) in [4.78, 5) is 0. The van der Waals surface area contributed by atoms with Gasteiger partial charge in [-0.15, -0.1) is 0 Å². The van der Waals surface area contributed by atoms with E-state index >= 15 is 0 Å². The molecule has 1 aliphatic carbocycles. The Morgan fingerprint density at radius 1 is 1.12 bits per heavy atom. The zero-order chi connectivity index (χ0) is 12.5. The SMILES string of the molecule is O[C@@H]1CCCC[C@H]1c1cccc(C(F)(F)F)c1. The van der Waals surface area contributed by atoms with E-state index in [1.54, 1.807) is 6.07 Å². The Kier molecular flexibility index (Phi) is 3.43. The maximum atomic E-state index is 12.6. The molecule has 2 rings (SSSR count). The van der Waals surface area contributed by atoms with E-state index in [1.165, 1.54) is 12.1 Å². The monoisotopic (exact) mass is 244 g/mol. The van der Waals surface area contributed by atoms with Gasteiger partial charge in [0.15, 0.2) is 0 Å². The first kappa shape index (κ1) is 12.4. The van der Waals surface area contributed by atoms with Gasteiger partial charge in [0, 0.05) is 5.92 Å². The number of aliphatic hydroxyl groups excluding tert-OH is 1. The molecule has 0 bridgehead atoms. The van der Waals surface area contributed by atoms with Crippen LogP contribution in [-0.2, 0) is 6.18 Å². The van der Waals surface area contributed by atoms with Crippen LogP contribution in [0.1, 0.15) is 42.7 Å². The molecule has 4 heteroatoms. The van der Waals surface area contributed by atoms with Crippen LogP contribution in [0.4, 0.5) is 13.2 Å². The second-order valence-electron chi connectivity index (χ2n) is 4.58. The predicted molar refractivity (Wildman–Crippen MR) is 58.7 cm³/mol. The molecule has 0 saturated heterocycles. The van der Waals surface area contributed by atoms with Crippen molar-refractivity contribution in [3.8, 4) is 0 Å². The predicted octanol–water partition coefficient (Wildman–Crippen LogP) is 3.72. The zero-order valence-electron chi connectivity index (χ0n) is 9.37. The molecule has 17 heavy (non-hydrogen) atoms. The van der Waals surface area contributed by atoms with Gasteiger partial charge in [-0.05, 0) is 24.5 Å². The summed E-state index contributed by atoms with van der Waals surface area (Å²) in [6, 6.07) is 5.33. The van der Waals surface area contributed by atoms with Gasteiger partial charge in [-0.25, -0.2) is 0 Å². The van der Waals surface area contributed by atoms with E-state index in [-0.39, 0.29) is 5.92 Å². The summed E-state index contributed by atoms with van der Waals surface area (Å²) in [6.07, 6.45) is -1.44. The van der Waals surface area contributed by atoms with Crippen LogP contribution < -0.4 is 0 Å². The largest absolute Gasteiger partial charge is 0.416 e. The number of halogens is 3. The van der Waals surface area contributed by atoms with E-state index in [2.05, 4.69) is 0 Å². The van der Waals surface area contributed by atoms with Gasteiger partial charge in [0.05, 0.1) is 11.7 Å². The highest BCUT2D eigenvalue weighted by Gasteiger charge is 2.32. The number of benzene rings is 1. The van der Waals surface area contributed by atoms with Crippen molar-refractivity contribution in [2.75, 3.05) is 0 Å². The first-order valence-corrected chi connectivity index (χ1v) is 5.84. The minimum atomic E-state index is -4.31. The van der Waals surface area contributed by atoms with Crippen LogP contribution in [0.3, 0.4) is 0 Å². The second-order valence-corrected chi connectivity index (χ2v) is 4.58. The quantitative estimate of drug-likeness (QED) is 0.798. The zero-order valence-corrected chi connectivity index (χ0v) is 9.37. The van der Waals surface area contributed by atoms with Crippen molar-refractivity contribution in [2.24, 2.45) is 0 Å². The molecule has 0 radical (unpaired) electrons. The van der Waals surface area contributed by atoms with Crippen molar-refractivity contribution >= 4 is 0 Å². The Morgan fingerprint density at radius 2 is 1.82 bits per heavy atom. The lowest BCUT2D eigenvalue weighted by Crippen LogP contribution is -2.22. The number of aliphatic hydroxyl groups is 1. The molecule has 94 valence electrons. The van der Waals surface area contributed by atoms with Crippen LogP contribution in [-0.4, -0.2) is 11.2 Å². The number of rotatable bonds is 1. The lowest BCUT2D eigenvalue weighted by Gasteiger charge is -2.28. The normalized spacial score (nSPS) is 25.9. The van der Waals surface area contributed by atoms with E-state index in [1.807, 2.05) is 0 Å². The Morgan fingerprint density at radius 3 is 2.47 bits per heavy atom. The maximum absolute atomic E-state index is 12.6. The molecular formula is C13H15F3O. The van der Waals surface area contributed by atoms with Crippen LogP contribution in [0.15, 0.2) is 24.3 Å². The van der Waals surface area contributed by atoms with Crippen molar-refractivity contribution in [1.29, 1.82) is 0 Å². The Balaban J connectivity index is 2.26. The highest BCUT2D eigenvalue weighted by atomic mass is 19.4. The summed E-state index contributed by atoms with van der Waals surface area (Å²) in [5.74, 6) is -0.147. The third kappa shape index (κ3) is 2.80. The standard InChI is InChI=1S/C13H15F3O/c14-13(15,16)10-5-3-4-9(8-10)11-6-1-2-7-12(11)17/h3-5,8,11-12,17H,1-2,6-7H2/t11-,12+/m0/s1. The van der Waals surface area contributed by atoms with Crippen molar-refractivity contribution in [3.05, 3.63) is 35.4 Å². The fourth-order valence-corrected chi connectivity index (χ4v) is 2.45. The van der Waals surface area contributed by atoms with Gasteiger partial charge in [-0.3, -0.25) is 0 Å². The molecule has 0 aliphatic heterocycles. The molecule has 1 fully saturated rings. The van der Waals surface area contributed by atoms with Gasteiger partial charge in [0.2, 0.25) is 0 Å². The minimum absolute atomic E-state index is 0.147.